The van der Waals surface area contributed by atoms with Crippen LogP contribution < -0.4 is 5.73 Å². The number of hydrogen-bond donors (Lipinski definition) is 2. The molecule has 1 rings (SSSR count). The lowest BCUT2D eigenvalue weighted by molar-refractivity contribution is 0.457. The van der Waals surface area contributed by atoms with Crippen molar-refractivity contribution < 1.29 is 13.9 Å². The molecule has 12 heavy (non-hydrogen) atoms. The highest BCUT2D eigenvalue weighted by Gasteiger charge is 2.15. The summed E-state index contributed by atoms with van der Waals surface area (Å²) in [4.78, 5) is 0. The van der Waals surface area contributed by atoms with Crippen LogP contribution in [0.3, 0.4) is 0 Å². The van der Waals surface area contributed by atoms with Gasteiger partial charge >= 0.3 is 0 Å². The van der Waals surface area contributed by atoms with Crippen molar-refractivity contribution in [1.29, 1.82) is 0 Å². The lowest BCUT2D eigenvalue weighted by Gasteiger charge is -2.04. The third-order valence-electron chi connectivity index (χ3n) is 1.44. The van der Waals surface area contributed by atoms with E-state index in [0.717, 1.165) is 6.07 Å². The Morgan fingerprint density at radius 2 is 2.08 bits per heavy atom. The van der Waals surface area contributed by atoms with E-state index in [2.05, 4.69) is 0 Å². The molecular weight excluding hydrogens is 188 g/mol. The largest absolute Gasteiger partial charge is 0.506 e. The van der Waals surface area contributed by atoms with Crippen LogP contribution in [-0.2, 0) is 6.54 Å². The Morgan fingerprint density at radius 3 is 2.58 bits per heavy atom. The van der Waals surface area contributed by atoms with E-state index >= 15 is 0 Å². The predicted octanol–water partition coefficient (Wildman–Crippen LogP) is 1.78. The maximum absolute atomic E-state index is 12.9. The third-order valence-corrected chi connectivity index (χ3v) is 1.80. The van der Waals surface area contributed by atoms with Gasteiger partial charge in [0, 0.05) is 18.2 Å². The van der Waals surface area contributed by atoms with Gasteiger partial charge in [-0.25, -0.2) is 8.78 Å². The molecule has 0 aliphatic carbocycles. The SMILES string of the molecule is NCc1c(F)cc(O)c(Cl)c1F. The molecule has 0 aliphatic rings. The molecule has 0 spiro atoms. The van der Waals surface area contributed by atoms with Crippen molar-refractivity contribution in [2.24, 2.45) is 5.73 Å². The number of hydrogen-bond acceptors (Lipinski definition) is 2. The molecule has 0 heterocycles. The van der Waals surface area contributed by atoms with Crippen molar-refractivity contribution in [3.05, 3.63) is 28.3 Å². The van der Waals surface area contributed by atoms with E-state index in [1.54, 1.807) is 0 Å². The molecule has 66 valence electrons. The average Bonchev–Trinajstić information content (AvgIpc) is 2.01. The average molecular weight is 194 g/mol. The zero-order chi connectivity index (χ0) is 9.30. The number of phenolic OH excluding ortho intramolecular Hbond substituents is 1. The van der Waals surface area contributed by atoms with E-state index in [1.165, 1.54) is 0 Å². The number of halogens is 3. The van der Waals surface area contributed by atoms with E-state index in [0.29, 0.717) is 0 Å². The van der Waals surface area contributed by atoms with Gasteiger partial charge in [0.2, 0.25) is 0 Å². The van der Waals surface area contributed by atoms with E-state index < -0.39 is 22.4 Å². The molecule has 3 N–H and O–H groups in total. The van der Waals surface area contributed by atoms with Gasteiger partial charge in [-0.05, 0) is 0 Å². The van der Waals surface area contributed by atoms with E-state index in [-0.39, 0.29) is 12.1 Å². The van der Waals surface area contributed by atoms with Crippen molar-refractivity contribution in [2.75, 3.05) is 0 Å². The highest BCUT2D eigenvalue weighted by atomic mass is 35.5. The topological polar surface area (TPSA) is 46.2 Å². The fourth-order valence-electron chi connectivity index (χ4n) is 0.807. The molecule has 0 saturated carbocycles. The summed E-state index contributed by atoms with van der Waals surface area (Å²) in [5, 5.41) is 8.35. The summed E-state index contributed by atoms with van der Waals surface area (Å²) in [6.07, 6.45) is 0. The second-order valence-electron chi connectivity index (χ2n) is 2.19. The van der Waals surface area contributed by atoms with Crippen LogP contribution in [0.1, 0.15) is 5.56 Å². The smallest absolute Gasteiger partial charge is 0.152 e. The molecule has 0 amide bonds. The van der Waals surface area contributed by atoms with Crippen LogP contribution in [-0.4, -0.2) is 5.11 Å². The zero-order valence-electron chi connectivity index (χ0n) is 5.94. The summed E-state index contributed by atoms with van der Waals surface area (Å²) < 4.78 is 25.7. The summed E-state index contributed by atoms with van der Waals surface area (Å²) in [5.74, 6) is -2.52. The van der Waals surface area contributed by atoms with Crippen molar-refractivity contribution in [2.45, 2.75) is 6.54 Å². The summed E-state index contributed by atoms with van der Waals surface area (Å²) in [6.45, 7) is -0.294. The minimum atomic E-state index is -1.00. The molecule has 0 fully saturated rings. The number of aromatic hydroxyl groups is 1. The normalized spacial score (nSPS) is 10.3. The molecule has 1 aromatic rings. The van der Waals surface area contributed by atoms with Crippen molar-refractivity contribution in [3.63, 3.8) is 0 Å². The molecule has 0 aliphatic heterocycles. The van der Waals surface area contributed by atoms with Crippen LogP contribution >= 0.6 is 11.6 Å². The molecular formula is C7H6ClF2NO. The van der Waals surface area contributed by atoms with Crippen LogP contribution in [0.2, 0.25) is 5.02 Å². The molecule has 0 radical (unpaired) electrons. The Hall–Kier alpha value is -0.870. The monoisotopic (exact) mass is 193 g/mol. The fourth-order valence-corrected chi connectivity index (χ4v) is 0.976. The minimum Gasteiger partial charge on any atom is -0.506 e. The van der Waals surface area contributed by atoms with Crippen molar-refractivity contribution in [1.82, 2.24) is 0 Å². The van der Waals surface area contributed by atoms with Gasteiger partial charge in [-0.1, -0.05) is 11.6 Å². The lowest BCUT2D eigenvalue weighted by Crippen LogP contribution is -2.03. The van der Waals surface area contributed by atoms with E-state index in [1.807, 2.05) is 0 Å². The highest BCUT2D eigenvalue weighted by molar-refractivity contribution is 6.32. The number of rotatable bonds is 1. The van der Waals surface area contributed by atoms with Crippen LogP contribution in [0.5, 0.6) is 5.75 Å². The van der Waals surface area contributed by atoms with Gasteiger partial charge < -0.3 is 10.8 Å². The van der Waals surface area contributed by atoms with Crippen molar-refractivity contribution in [3.8, 4) is 5.75 Å². The first kappa shape index (κ1) is 9.22. The number of phenols is 1. The standard InChI is InChI=1S/C7H6ClF2NO/c8-6-5(12)1-4(9)3(2-11)7(6)10/h1,12H,2,11H2. The third kappa shape index (κ3) is 1.35. The van der Waals surface area contributed by atoms with Gasteiger partial charge in [0.05, 0.1) is 0 Å². The van der Waals surface area contributed by atoms with Gasteiger partial charge in [-0.3, -0.25) is 0 Å². The van der Waals surface area contributed by atoms with Gasteiger partial charge in [0.15, 0.2) is 5.82 Å². The number of benzene rings is 1. The van der Waals surface area contributed by atoms with Gasteiger partial charge in [-0.2, -0.15) is 0 Å². The van der Waals surface area contributed by atoms with Crippen LogP contribution in [0, 0.1) is 11.6 Å². The molecule has 0 saturated heterocycles. The summed E-state index contributed by atoms with van der Waals surface area (Å²) >= 11 is 5.29. The molecule has 1 aromatic carbocycles. The van der Waals surface area contributed by atoms with Crippen LogP contribution in [0.15, 0.2) is 6.07 Å². The minimum absolute atomic E-state index is 0.294. The second-order valence-corrected chi connectivity index (χ2v) is 2.57. The van der Waals surface area contributed by atoms with Crippen molar-refractivity contribution >= 4 is 11.6 Å². The molecule has 0 atom stereocenters. The maximum atomic E-state index is 12.9. The lowest BCUT2D eigenvalue weighted by atomic mass is 10.2. The predicted molar refractivity (Wildman–Crippen MR) is 40.9 cm³/mol. The first-order chi connectivity index (χ1) is 5.57. The molecule has 0 unspecified atom stereocenters. The Balaban J connectivity index is 3.40. The Bertz CT molecular complexity index is 317. The van der Waals surface area contributed by atoms with Gasteiger partial charge in [0.1, 0.15) is 16.6 Å². The first-order valence-corrected chi connectivity index (χ1v) is 3.51. The van der Waals surface area contributed by atoms with Crippen LogP contribution in [0.25, 0.3) is 0 Å². The van der Waals surface area contributed by atoms with Gasteiger partial charge in [-0.15, -0.1) is 0 Å². The fraction of sp³-hybridized carbons (Fsp3) is 0.143. The first-order valence-electron chi connectivity index (χ1n) is 3.13. The Kier molecular flexibility index (Phi) is 2.49. The Morgan fingerprint density at radius 1 is 1.50 bits per heavy atom. The second kappa shape index (κ2) is 3.25. The summed E-state index contributed by atoms with van der Waals surface area (Å²) in [6, 6.07) is 0.730. The molecule has 0 aromatic heterocycles. The van der Waals surface area contributed by atoms with E-state index in [4.69, 9.17) is 22.4 Å². The van der Waals surface area contributed by atoms with E-state index in [9.17, 15) is 8.78 Å². The maximum Gasteiger partial charge on any atom is 0.152 e. The number of nitrogens with two attached hydrogens (primary N) is 1. The summed E-state index contributed by atoms with van der Waals surface area (Å²) in [5.41, 5.74) is 4.73. The van der Waals surface area contributed by atoms with Crippen LogP contribution in [0.4, 0.5) is 8.78 Å². The van der Waals surface area contributed by atoms with Gasteiger partial charge in [0.25, 0.3) is 0 Å². The molecule has 2 nitrogen and oxygen atoms in total. The quantitative estimate of drug-likeness (QED) is 0.668. The zero-order valence-corrected chi connectivity index (χ0v) is 6.70. The summed E-state index contributed by atoms with van der Waals surface area (Å²) in [7, 11) is 0. The molecule has 0 bridgehead atoms. The molecule has 5 heteroatoms. The Labute approximate surface area is 72.6 Å². The highest BCUT2D eigenvalue weighted by Crippen LogP contribution is 2.30.